The van der Waals surface area contributed by atoms with Crippen molar-refractivity contribution in [2.24, 2.45) is 0 Å². The van der Waals surface area contributed by atoms with Gasteiger partial charge in [0.05, 0.1) is 18.5 Å². The number of anilines is 1. The van der Waals surface area contributed by atoms with Gasteiger partial charge in [-0.1, -0.05) is 0 Å². The number of aromatic amines is 1. The van der Waals surface area contributed by atoms with Crippen molar-refractivity contribution >= 4 is 15.7 Å². The van der Waals surface area contributed by atoms with E-state index in [-0.39, 0.29) is 16.3 Å². The summed E-state index contributed by atoms with van der Waals surface area (Å²) >= 11 is 0. The maximum Gasteiger partial charge on any atom is 0.265 e. The van der Waals surface area contributed by atoms with Gasteiger partial charge in [0, 0.05) is 12.3 Å². The van der Waals surface area contributed by atoms with E-state index in [9.17, 15) is 12.8 Å². The molecule has 0 radical (unpaired) electrons. The van der Waals surface area contributed by atoms with E-state index in [2.05, 4.69) is 14.9 Å². The summed E-state index contributed by atoms with van der Waals surface area (Å²) in [5.74, 6) is -0.553. The van der Waals surface area contributed by atoms with Crippen molar-refractivity contribution in [3.8, 4) is 5.75 Å². The fourth-order valence-corrected chi connectivity index (χ4v) is 2.39. The molecular formula is C11H12FN3O3S. The van der Waals surface area contributed by atoms with Gasteiger partial charge in [-0.15, -0.1) is 0 Å². The molecule has 102 valence electrons. The fourth-order valence-electron chi connectivity index (χ4n) is 1.44. The van der Waals surface area contributed by atoms with Crippen LogP contribution in [-0.2, 0) is 10.0 Å². The normalized spacial score (nSPS) is 11.3. The van der Waals surface area contributed by atoms with Crippen LogP contribution in [-0.4, -0.2) is 25.2 Å². The van der Waals surface area contributed by atoms with Crippen molar-refractivity contribution in [1.29, 1.82) is 0 Å². The Morgan fingerprint density at radius 3 is 2.84 bits per heavy atom. The largest absolute Gasteiger partial charge is 0.491 e. The minimum Gasteiger partial charge on any atom is -0.491 e. The average Bonchev–Trinajstić information content (AvgIpc) is 2.87. The second-order valence-corrected chi connectivity index (χ2v) is 5.30. The zero-order valence-corrected chi connectivity index (χ0v) is 10.9. The molecule has 0 fully saturated rings. The summed E-state index contributed by atoms with van der Waals surface area (Å²) in [5.41, 5.74) is 0.113. The van der Waals surface area contributed by atoms with Crippen LogP contribution < -0.4 is 9.46 Å². The zero-order chi connectivity index (χ0) is 13.9. The number of hydrogen-bond donors (Lipinski definition) is 2. The van der Waals surface area contributed by atoms with Crippen molar-refractivity contribution in [3.63, 3.8) is 0 Å². The van der Waals surface area contributed by atoms with Gasteiger partial charge in [-0.2, -0.15) is 5.10 Å². The van der Waals surface area contributed by atoms with Crippen LogP contribution in [0.15, 0.2) is 35.5 Å². The predicted octanol–water partition coefficient (Wildman–Crippen LogP) is 1.75. The number of rotatable bonds is 5. The summed E-state index contributed by atoms with van der Waals surface area (Å²) in [5, 5.41) is 5.94. The third kappa shape index (κ3) is 3.02. The summed E-state index contributed by atoms with van der Waals surface area (Å²) in [4.78, 5) is -0.0261. The first kappa shape index (κ1) is 13.3. The van der Waals surface area contributed by atoms with Gasteiger partial charge in [0.15, 0.2) is 11.6 Å². The molecule has 2 aromatic rings. The van der Waals surface area contributed by atoms with E-state index in [0.29, 0.717) is 6.61 Å². The Kier molecular flexibility index (Phi) is 3.70. The van der Waals surface area contributed by atoms with Gasteiger partial charge in [0.25, 0.3) is 10.0 Å². The van der Waals surface area contributed by atoms with Crippen molar-refractivity contribution in [1.82, 2.24) is 10.2 Å². The quantitative estimate of drug-likeness (QED) is 0.876. The summed E-state index contributed by atoms with van der Waals surface area (Å²) in [6.45, 7) is 2.06. The van der Waals surface area contributed by atoms with Crippen LogP contribution in [0.25, 0.3) is 0 Å². The first-order chi connectivity index (χ1) is 9.03. The maximum absolute atomic E-state index is 13.6. The lowest BCUT2D eigenvalue weighted by atomic mass is 10.3. The highest BCUT2D eigenvalue weighted by Gasteiger charge is 2.16. The molecule has 0 aliphatic rings. The summed E-state index contributed by atoms with van der Waals surface area (Å²) < 4.78 is 44.6. The van der Waals surface area contributed by atoms with Gasteiger partial charge in [-0.05, 0) is 19.1 Å². The van der Waals surface area contributed by atoms with E-state index in [0.717, 1.165) is 12.3 Å². The molecule has 0 saturated heterocycles. The Bertz CT molecular complexity index is 656. The lowest BCUT2D eigenvalue weighted by Crippen LogP contribution is -2.12. The smallest absolute Gasteiger partial charge is 0.265 e. The summed E-state index contributed by atoms with van der Waals surface area (Å²) in [6.07, 6.45) is 2.39. The Morgan fingerprint density at radius 2 is 2.26 bits per heavy atom. The molecule has 2 N–H and O–H groups in total. The topological polar surface area (TPSA) is 84.1 Å². The molecule has 19 heavy (non-hydrogen) atoms. The van der Waals surface area contributed by atoms with E-state index in [1.807, 2.05) is 0 Å². The number of benzene rings is 1. The number of nitrogens with one attached hydrogen (secondary N) is 2. The van der Waals surface area contributed by atoms with Crippen molar-refractivity contribution in [2.45, 2.75) is 11.8 Å². The van der Waals surface area contributed by atoms with Gasteiger partial charge < -0.3 is 4.74 Å². The zero-order valence-electron chi connectivity index (χ0n) is 10.1. The number of aromatic nitrogens is 2. The highest BCUT2D eigenvalue weighted by molar-refractivity contribution is 7.92. The van der Waals surface area contributed by atoms with Crippen molar-refractivity contribution in [2.75, 3.05) is 11.3 Å². The van der Waals surface area contributed by atoms with Gasteiger partial charge in [0.1, 0.15) is 4.90 Å². The Labute approximate surface area is 109 Å². The highest BCUT2D eigenvalue weighted by atomic mass is 32.2. The molecule has 1 aromatic carbocycles. The van der Waals surface area contributed by atoms with E-state index in [1.165, 1.54) is 18.3 Å². The molecule has 0 amide bonds. The number of sulfonamides is 1. The van der Waals surface area contributed by atoms with Gasteiger partial charge in [-0.25, -0.2) is 12.8 Å². The number of halogens is 1. The first-order valence-electron chi connectivity index (χ1n) is 5.47. The van der Waals surface area contributed by atoms with E-state index < -0.39 is 15.8 Å². The van der Waals surface area contributed by atoms with Crippen LogP contribution >= 0.6 is 0 Å². The van der Waals surface area contributed by atoms with Crippen LogP contribution in [0.1, 0.15) is 6.92 Å². The van der Waals surface area contributed by atoms with Crippen molar-refractivity contribution in [3.05, 3.63) is 36.4 Å². The molecule has 0 spiro atoms. The predicted molar refractivity (Wildman–Crippen MR) is 67.0 cm³/mol. The van der Waals surface area contributed by atoms with Crippen molar-refractivity contribution < 1.29 is 17.5 Å². The van der Waals surface area contributed by atoms with Gasteiger partial charge in [0.2, 0.25) is 0 Å². The lowest BCUT2D eigenvalue weighted by Gasteiger charge is -2.08. The monoisotopic (exact) mass is 285 g/mol. The van der Waals surface area contributed by atoms with Crippen LogP contribution in [0.4, 0.5) is 10.1 Å². The van der Waals surface area contributed by atoms with Gasteiger partial charge >= 0.3 is 0 Å². The SMILES string of the molecule is CCOc1ccc(NS(=O)(=O)c2cn[nH]c2)cc1F. The Hall–Kier alpha value is -2.09. The number of nitrogens with zero attached hydrogens (tertiary/aromatic N) is 1. The van der Waals surface area contributed by atoms with Crippen LogP contribution in [0.2, 0.25) is 0 Å². The molecule has 0 aliphatic carbocycles. The average molecular weight is 285 g/mol. The summed E-state index contributed by atoms with van der Waals surface area (Å²) in [6, 6.07) is 3.85. The number of H-pyrrole nitrogens is 1. The number of ether oxygens (including phenoxy) is 1. The molecule has 1 heterocycles. The summed E-state index contributed by atoms with van der Waals surface area (Å²) in [7, 11) is -3.76. The maximum atomic E-state index is 13.6. The van der Waals surface area contributed by atoms with Crippen LogP contribution in [0.3, 0.4) is 0 Å². The molecule has 0 atom stereocenters. The molecule has 0 bridgehead atoms. The standard InChI is InChI=1S/C11H12FN3O3S/c1-2-18-11-4-3-8(5-10(11)12)15-19(16,17)9-6-13-14-7-9/h3-7,15H,2H2,1H3,(H,13,14). The number of hydrogen-bond acceptors (Lipinski definition) is 4. The minimum absolute atomic E-state index is 0.0261. The molecule has 8 heteroatoms. The first-order valence-corrected chi connectivity index (χ1v) is 6.95. The second kappa shape index (κ2) is 5.27. The third-order valence-electron chi connectivity index (χ3n) is 2.27. The fraction of sp³-hybridized carbons (Fsp3) is 0.182. The Balaban J connectivity index is 2.23. The lowest BCUT2D eigenvalue weighted by molar-refractivity contribution is 0.321. The molecule has 0 unspecified atom stereocenters. The second-order valence-electron chi connectivity index (χ2n) is 3.62. The van der Waals surface area contributed by atoms with Crippen LogP contribution in [0.5, 0.6) is 5.75 Å². The van der Waals surface area contributed by atoms with Crippen LogP contribution in [0, 0.1) is 5.82 Å². The molecule has 2 rings (SSSR count). The molecule has 6 nitrogen and oxygen atoms in total. The molecule has 0 saturated carbocycles. The Morgan fingerprint density at radius 1 is 1.47 bits per heavy atom. The van der Waals surface area contributed by atoms with E-state index >= 15 is 0 Å². The molecular weight excluding hydrogens is 273 g/mol. The molecule has 1 aromatic heterocycles. The third-order valence-corrected chi connectivity index (χ3v) is 3.62. The molecule has 0 aliphatic heterocycles. The van der Waals surface area contributed by atoms with E-state index in [1.54, 1.807) is 6.92 Å². The van der Waals surface area contributed by atoms with E-state index in [4.69, 9.17) is 4.74 Å². The van der Waals surface area contributed by atoms with Gasteiger partial charge in [-0.3, -0.25) is 9.82 Å². The highest BCUT2D eigenvalue weighted by Crippen LogP contribution is 2.23. The minimum atomic E-state index is -3.76.